The van der Waals surface area contributed by atoms with E-state index in [2.05, 4.69) is 11.1 Å². The molecule has 5 nitrogen and oxygen atoms in total. The Morgan fingerprint density at radius 1 is 1.06 bits per heavy atom. The molecule has 0 amide bonds. The maximum absolute atomic E-state index is 12.6. The molecule has 0 bridgehead atoms. The van der Waals surface area contributed by atoms with Gasteiger partial charge in [0.15, 0.2) is 0 Å². The highest BCUT2D eigenvalue weighted by atomic mass is 32.1. The van der Waals surface area contributed by atoms with E-state index in [9.17, 15) is 15.2 Å². The van der Waals surface area contributed by atoms with Crippen molar-refractivity contribution in [3.8, 4) is 23.1 Å². The molecular weight excluding hydrogens is 408 g/mol. The Morgan fingerprint density at radius 3 is 2.68 bits per heavy atom. The van der Waals surface area contributed by atoms with Crippen molar-refractivity contribution < 1.29 is 9.52 Å². The summed E-state index contributed by atoms with van der Waals surface area (Å²) in [6.45, 7) is 0. The number of allylic oxidation sites excluding steroid dienone is 1. The van der Waals surface area contributed by atoms with Gasteiger partial charge in [-0.3, -0.25) is 0 Å². The van der Waals surface area contributed by atoms with Gasteiger partial charge in [0.25, 0.3) is 0 Å². The van der Waals surface area contributed by atoms with Crippen molar-refractivity contribution in [2.24, 2.45) is 0 Å². The molecule has 0 saturated carbocycles. The van der Waals surface area contributed by atoms with E-state index in [4.69, 9.17) is 4.42 Å². The van der Waals surface area contributed by atoms with Gasteiger partial charge in [0, 0.05) is 10.8 Å². The maximum Gasteiger partial charge on any atom is 0.345 e. The van der Waals surface area contributed by atoms with Gasteiger partial charge < -0.3 is 9.52 Å². The lowest BCUT2D eigenvalue weighted by molar-refractivity contribution is 0.475. The number of nitriles is 1. The Hall–Kier alpha value is -4.21. The van der Waals surface area contributed by atoms with Gasteiger partial charge in [0.1, 0.15) is 22.4 Å². The van der Waals surface area contributed by atoms with E-state index < -0.39 is 5.63 Å². The van der Waals surface area contributed by atoms with Crippen LogP contribution in [0.2, 0.25) is 0 Å². The lowest BCUT2D eigenvalue weighted by Crippen LogP contribution is -2.03. The van der Waals surface area contributed by atoms with Crippen LogP contribution in [0.15, 0.2) is 81.3 Å². The number of benzene rings is 3. The summed E-state index contributed by atoms with van der Waals surface area (Å²) in [5.41, 5.74) is 2.01. The highest BCUT2D eigenvalue weighted by molar-refractivity contribution is 7.11. The van der Waals surface area contributed by atoms with Gasteiger partial charge >= 0.3 is 5.63 Å². The number of thiazole rings is 1. The summed E-state index contributed by atoms with van der Waals surface area (Å²) in [6, 6.07) is 22.1. The molecule has 0 unspecified atom stereocenters. The number of aromatic nitrogens is 1. The van der Waals surface area contributed by atoms with Crippen molar-refractivity contribution in [3.63, 3.8) is 0 Å². The molecule has 0 spiro atoms. The lowest BCUT2D eigenvalue weighted by atomic mass is 10.0. The van der Waals surface area contributed by atoms with Crippen molar-refractivity contribution in [1.29, 1.82) is 5.26 Å². The second-order valence-corrected chi connectivity index (χ2v) is 7.80. The first kappa shape index (κ1) is 18.8. The first-order valence-electron chi connectivity index (χ1n) is 9.45. The van der Waals surface area contributed by atoms with Crippen LogP contribution in [-0.2, 0) is 0 Å². The van der Waals surface area contributed by atoms with Crippen molar-refractivity contribution >= 4 is 44.7 Å². The molecule has 0 fully saturated rings. The zero-order chi connectivity index (χ0) is 21.4. The Balaban J connectivity index is 1.61. The van der Waals surface area contributed by atoms with Crippen LogP contribution in [0.25, 0.3) is 44.6 Å². The van der Waals surface area contributed by atoms with E-state index in [1.165, 1.54) is 11.3 Å². The minimum Gasteiger partial charge on any atom is -0.508 e. The quantitative estimate of drug-likeness (QED) is 0.224. The summed E-state index contributed by atoms with van der Waals surface area (Å²) in [4.78, 5) is 17.2. The minimum absolute atomic E-state index is 0.155. The molecule has 6 heteroatoms. The predicted octanol–water partition coefficient (Wildman–Crippen LogP) is 5.84. The zero-order valence-corrected chi connectivity index (χ0v) is 16.9. The van der Waals surface area contributed by atoms with E-state index in [0.29, 0.717) is 27.4 Å². The number of phenolic OH excluding ortho intramolecular Hbond substituents is 1. The van der Waals surface area contributed by atoms with Crippen LogP contribution < -0.4 is 5.63 Å². The second-order valence-electron chi connectivity index (χ2n) is 6.95. The fraction of sp³-hybridized carbons (Fsp3) is 0. The number of hydrogen-bond acceptors (Lipinski definition) is 6. The fourth-order valence-corrected chi connectivity index (χ4v) is 4.24. The first-order chi connectivity index (χ1) is 15.1. The van der Waals surface area contributed by atoms with Crippen LogP contribution in [-0.4, -0.2) is 10.1 Å². The third-order valence-electron chi connectivity index (χ3n) is 4.98. The van der Waals surface area contributed by atoms with E-state index in [1.54, 1.807) is 47.9 Å². The molecular formula is C25H14N2O3S. The Bertz CT molecular complexity index is 1570. The molecule has 0 saturated heterocycles. The van der Waals surface area contributed by atoms with Crippen LogP contribution >= 0.6 is 11.3 Å². The summed E-state index contributed by atoms with van der Waals surface area (Å²) in [5, 5.41) is 24.2. The minimum atomic E-state index is -0.472. The number of fused-ring (bicyclic) bond motifs is 3. The van der Waals surface area contributed by atoms with Gasteiger partial charge in [-0.25, -0.2) is 9.78 Å². The van der Waals surface area contributed by atoms with E-state index in [0.717, 1.165) is 21.7 Å². The van der Waals surface area contributed by atoms with E-state index >= 15 is 0 Å². The molecule has 0 aliphatic heterocycles. The van der Waals surface area contributed by atoms with Crippen LogP contribution in [0, 0.1) is 11.3 Å². The predicted molar refractivity (Wildman–Crippen MR) is 123 cm³/mol. The first-order valence-corrected chi connectivity index (χ1v) is 10.3. The van der Waals surface area contributed by atoms with Crippen LogP contribution in [0.3, 0.4) is 0 Å². The number of aromatic hydroxyl groups is 1. The molecule has 3 aromatic carbocycles. The summed E-state index contributed by atoms with van der Waals surface area (Å²) < 4.78 is 5.56. The van der Waals surface area contributed by atoms with Gasteiger partial charge in [-0.2, -0.15) is 5.26 Å². The molecule has 31 heavy (non-hydrogen) atoms. The average molecular weight is 422 g/mol. The molecule has 0 aliphatic carbocycles. The molecule has 5 aromatic rings. The van der Waals surface area contributed by atoms with Crippen LogP contribution in [0.5, 0.6) is 5.75 Å². The van der Waals surface area contributed by atoms with E-state index in [1.807, 2.05) is 30.3 Å². The van der Waals surface area contributed by atoms with Gasteiger partial charge in [-0.1, -0.05) is 42.5 Å². The molecule has 2 aromatic heterocycles. The molecule has 0 atom stereocenters. The van der Waals surface area contributed by atoms with Crippen molar-refractivity contribution in [1.82, 2.24) is 4.98 Å². The Kier molecular flexibility index (Phi) is 4.58. The number of phenols is 1. The molecule has 2 heterocycles. The average Bonchev–Trinajstić information content (AvgIpc) is 3.28. The number of rotatable bonds is 3. The Morgan fingerprint density at radius 2 is 1.87 bits per heavy atom. The molecule has 1 N–H and O–H groups in total. The molecule has 148 valence electrons. The Labute approximate surface area is 180 Å². The van der Waals surface area contributed by atoms with E-state index in [-0.39, 0.29) is 5.75 Å². The normalized spacial score (nSPS) is 11.6. The summed E-state index contributed by atoms with van der Waals surface area (Å²) in [7, 11) is 0. The monoisotopic (exact) mass is 422 g/mol. The van der Waals surface area contributed by atoms with Crippen LogP contribution in [0.1, 0.15) is 10.6 Å². The highest BCUT2D eigenvalue weighted by Crippen LogP contribution is 2.30. The van der Waals surface area contributed by atoms with Gasteiger partial charge in [0.2, 0.25) is 0 Å². The maximum atomic E-state index is 12.6. The summed E-state index contributed by atoms with van der Waals surface area (Å²) in [5.74, 6) is 0.155. The standard InChI is InChI=1S/C25H14N2O3S/c26-13-17(11-15-5-8-18(28)9-6-15)24-27-22(14-31-24)21-12-20-19-4-2-1-3-16(19)7-10-23(20)30-25(21)29/h1-12,14,28H/b17-11+. The van der Waals surface area contributed by atoms with Crippen molar-refractivity contribution in [2.75, 3.05) is 0 Å². The second kappa shape index (κ2) is 7.56. The lowest BCUT2D eigenvalue weighted by Gasteiger charge is -2.04. The third kappa shape index (κ3) is 3.48. The van der Waals surface area contributed by atoms with Crippen molar-refractivity contribution in [2.45, 2.75) is 0 Å². The van der Waals surface area contributed by atoms with Gasteiger partial charge in [0.05, 0.1) is 16.8 Å². The molecule has 0 radical (unpaired) electrons. The highest BCUT2D eigenvalue weighted by Gasteiger charge is 2.15. The smallest absolute Gasteiger partial charge is 0.345 e. The summed E-state index contributed by atoms with van der Waals surface area (Å²) >= 11 is 1.29. The van der Waals surface area contributed by atoms with Gasteiger partial charge in [-0.15, -0.1) is 11.3 Å². The zero-order valence-electron chi connectivity index (χ0n) is 16.1. The third-order valence-corrected chi connectivity index (χ3v) is 5.85. The molecule has 0 aliphatic rings. The topological polar surface area (TPSA) is 87.1 Å². The van der Waals surface area contributed by atoms with Crippen molar-refractivity contribution in [3.05, 3.63) is 93.1 Å². The number of hydrogen-bond donors (Lipinski definition) is 1. The fourth-order valence-electron chi connectivity index (χ4n) is 3.45. The largest absolute Gasteiger partial charge is 0.508 e. The van der Waals surface area contributed by atoms with Gasteiger partial charge in [-0.05, 0) is 46.7 Å². The summed E-state index contributed by atoms with van der Waals surface area (Å²) in [6.07, 6.45) is 1.69. The van der Waals surface area contributed by atoms with Crippen LogP contribution in [0.4, 0.5) is 0 Å². The molecule has 5 rings (SSSR count). The SMILES string of the molecule is N#C/C(=C\c1ccc(O)cc1)c1nc(-c2cc3c(ccc4ccccc43)oc2=O)cs1. The number of nitrogens with zero attached hydrogens (tertiary/aromatic N) is 2.